The Bertz CT molecular complexity index is 937. The third-order valence-electron chi connectivity index (χ3n) is 5.34. The minimum atomic E-state index is -4.63. The fourth-order valence-electron chi connectivity index (χ4n) is 3.65. The molecule has 0 radical (unpaired) electrons. The number of pyridine rings is 1. The molecule has 156 valence electrons. The van der Waals surface area contributed by atoms with Gasteiger partial charge in [-0.2, -0.15) is 13.2 Å². The highest BCUT2D eigenvalue weighted by Gasteiger charge is 2.50. The molecule has 0 amide bonds. The van der Waals surface area contributed by atoms with E-state index >= 15 is 4.39 Å². The molecule has 1 aliphatic rings. The van der Waals surface area contributed by atoms with Crippen LogP contribution in [0.5, 0.6) is 0 Å². The van der Waals surface area contributed by atoms with Crippen molar-refractivity contribution in [2.75, 3.05) is 6.54 Å². The first kappa shape index (κ1) is 21.7. The number of ketones is 1. The van der Waals surface area contributed by atoms with Crippen LogP contribution in [-0.2, 0) is 28.7 Å². The highest BCUT2D eigenvalue weighted by Crippen LogP contribution is 2.46. The van der Waals surface area contributed by atoms with Crippen molar-refractivity contribution >= 4 is 17.4 Å². The second-order valence-electron chi connectivity index (χ2n) is 7.14. The van der Waals surface area contributed by atoms with E-state index in [9.17, 15) is 23.1 Å². The van der Waals surface area contributed by atoms with E-state index in [2.05, 4.69) is 4.98 Å². The topological polar surface area (TPSA) is 76.2 Å². The number of rotatable bonds is 5. The van der Waals surface area contributed by atoms with Crippen LogP contribution in [0.1, 0.15) is 41.6 Å². The van der Waals surface area contributed by atoms with Gasteiger partial charge in [-0.05, 0) is 37.0 Å². The number of fused-ring (bicyclic) bond motifs is 1. The average molecular weight is 431 g/mol. The largest absolute Gasteiger partial charge is 0.417 e. The van der Waals surface area contributed by atoms with E-state index in [0.717, 1.165) is 6.07 Å². The van der Waals surface area contributed by atoms with Gasteiger partial charge in [-0.15, -0.1) is 0 Å². The van der Waals surface area contributed by atoms with Gasteiger partial charge in [0.1, 0.15) is 5.60 Å². The molecule has 0 spiro atoms. The number of carbonyl (C=O) groups is 1. The number of aliphatic hydroxyl groups is 1. The standard InChI is InChI=1S/C20H19ClF4N2O2/c21-16-12(3-1-4-13(16)20(23,24)25)6-7-15(28)19(22)9-8-18(29,11-26)17-14(19)5-2-10-27-17/h1-5,10,29H,6-9,11,26H2. The van der Waals surface area contributed by atoms with E-state index in [0.29, 0.717) is 0 Å². The van der Waals surface area contributed by atoms with E-state index in [1.165, 1.54) is 30.5 Å². The summed E-state index contributed by atoms with van der Waals surface area (Å²) < 4.78 is 54.8. The molecule has 4 nitrogen and oxygen atoms in total. The zero-order valence-electron chi connectivity index (χ0n) is 15.3. The summed E-state index contributed by atoms with van der Waals surface area (Å²) >= 11 is 5.85. The predicted octanol–water partition coefficient (Wildman–Crippen LogP) is 4.06. The first-order valence-corrected chi connectivity index (χ1v) is 9.36. The molecule has 1 aromatic heterocycles. The van der Waals surface area contributed by atoms with Crippen LogP contribution in [0.3, 0.4) is 0 Å². The lowest BCUT2D eigenvalue weighted by molar-refractivity contribution is -0.137. The minimum absolute atomic E-state index is 0.0155. The molecule has 1 heterocycles. The molecule has 2 atom stereocenters. The van der Waals surface area contributed by atoms with Crippen LogP contribution in [0, 0.1) is 0 Å². The van der Waals surface area contributed by atoms with Crippen molar-refractivity contribution in [2.45, 2.75) is 43.1 Å². The number of benzene rings is 1. The van der Waals surface area contributed by atoms with Crippen molar-refractivity contribution in [2.24, 2.45) is 5.73 Å². The maximum Gasteiger partial charge on any atom is 0.417 e. The van der Waals surface area contributed by atoms with Gasteiger partial charge in [0.15, 0.2) is 11.5 Å². The summed E-state index contributed by atoms with van der Waals surface area (Å²) in [5.74, 6) is -0.806. The Morgan fingerprint density at radius 1 is 1.24 bits per heavy atom. The van der Waals surface area contributed by atoms with E-state index in [1.54, 1.807) is 0 Å². The molecular formula is C20H19ClF4N2O2. The first-order valence-electron chi connectivity index (χ1n) is 8.98. The number of halogens is 5. The van der Waals surface area contributed by atoms with Crippen molar-refractivity contribution in [1.29, 1.82) is 0 Å². The van der Waals surface area contributed by atoms with Gasteiger partial charge < -0.3 is 10.8 Å². The Morgan fingerprint density at radius 3 is 2.62 bits per heavy atom. The van der Waals surface area contributed by atoms with Gasteiger partial charge in [0.2, 0.25) is 0 Å². The molecule has 0 fully saturated rings. The van der Waals surface area contributed by atoms with Crippen LogP contribution in [0.4, 0.5) is 17.6 Å². The molecule has 1 aliphatic carbocycles. The summed E-state index contributed by atoms with van der Waals surface area (Å²) in [4.78, 5) is 16.8. The number of aromatic nitrogens is 1. The van der Waals surface area contributed by atoms with Gasteiger partial charge in [-0.3, -0.25) is 9.78 Å². The van der Waals surface area contributed by atoms with E-state index in [4.69, 9.17) is 17.3 Å². The van der Waals surface area contributed by atoms with Crippen LogP contribution in [0.2, 0.25) is 5.02 Å². The summed E-state index contributed by atoms with van der Waals surface area (Å²) in [7, 11) is 0. The van der Waals surface area contributed by atoms with Crippen LogP contribution < -0.4 is 5.73 Å². The zero-order chi connectivity index (χ0) is 21.4. The maximum absolute atomic E-state index is 15.8. The molecule has 3 rings (SSSR count). The van der Waals surface area contributed by atoms with Gasteiger partial charge in [0, 0.05) is 24.7 Å². The van der Waals surface area contributed by atoms with Crippen molar-refractivity contribution < 1.29 is 27.5 Å². The molecule has 0 aliphatic heterocycles. The lowest BCUT2D eigenvalue weighted by Gasteiger charge is -2.39. The maximum atomic E-state index is 15.8. The van der Waals surface area contributed by atoms with Crippen molar-refractivity contribution in [3.8, 4) is 0 Å². The molecule has 0 saturated heterocycles. The quantitative estimate of drug-likeness (QED) is 0.701. The summed E-state index contributed by atoms with van der Waals surface area (Å²) in [6.45, 7) is -0.179. The van der Waals surface area contributed by atoms with Crippen LogP contribution in [0.15, 0.2) is 36.5 Å². The Balaban J connectivity index is 1.86. The number of nitrogens with zero attached hydrogens (tertiary/aromatic N) is 1. The van der Waals surface area contributed by atoms with Gasteiger partial charge in [0.25, 0.3) is 0 Å². The predicted molar refractivity (Wildman–Crippen MR) is 99.0 cm³/mol. The Labute approximate surface area is 169 Å². The number of aryl methyl sites for hydroxylation is 1. The number of nitrogens with two attached hydrogens (primary N) is 1. The Morgan fingerprint density at radius 2 is 1.97 bits per heavy atom. The molecule has 0 saturated carbocycles. The number of alkyl halides is 4. The van der Waals surface area contributed by atoms with E-state index in [-0.39, 0.29) is 49.0 Å². The molecule has 3 N–H and O–H groups in total. The van der Waals surface area contributed by atoms with Gasteiger partial charge in [-0.1, -0.05) is 29.8 Å². The number of hydrogen-bond donors (Lipinski definition) is 2. The second-order valence-corrected chi connectivity index (χ2v) is 7.51. The molecule has 29 heavy (non-hydrogen) atoms. The average Bonchev–Trinajstić information content (AvgIpc) is 2.69. The zero-order valence-corrected chi connectivity index (χ0v) is 16.0. The molecule has 1 aromatic carbocycles. The fourth-order valence-corrected chi connectivity index (χ4v) is 3.98. The SMILES string of the molecule is NCC1(O)CCC(F)(C(=O)CCc2cccc(C(F)(F)F)c2Cl)c2cccnc21. The smallest absolute Gasteiger partial charge is 0.382 e. The van der Waals surface area contributed by atoms with Crippen LogP contribution in [-0.4, -0.2) is 22.4 Å². The summed E-state index contributed by atoms with van der Waals surface area (Å²) in [6, 6.07) is 6.24. The summed E-state index contributed by atoms with van der Waals surface area (Å²) in [5, 5.41) is 10.1. The summed E-state index contributed by atoms with van der Waals surface area (Å²) in [6.07, 6.45) is -4.15. The molecular weight excluding hydrogens is 412 g/mol. The van der Waals surface area contributed by atoms with Crippen LogP contribution >= 0.6 is 11.6 Å². The minimum Gasteiger partial charge on any atom is -0.382 e. The van der Waals surface area contributed by atoms with Crippen molar-refractivity contribution in [3.05, 3.63) is 63.9 Å². The van der Waals surface area contributed by atoms with E-state index < -0.39 is 33.8 Å². The number of Topliss-reactive ketones (excluding diaryl/α,β-unsaturated/α-hetero) is 1. The molecule has 2 unspecified atom stereocenters. The monoisotopic (exact) mass is 430 g/mol. The Hall–Kier alpha value is -2.03. The Kier molecular flexibility index (Phi) is 5.73. The molecule has 2 aromatic rings. The first-order chi connectivity index (χ1) is 13.5. The number of carbonyl (C=O) groups excluding carboxylic acids is 1. The van der Waals surface area contributed by atoms with Crippen molar-refractivity contribution in [1.82, 2.24) is 4.98 Å². The van der Waals surface area contributed by atoms with Gasteiger partial charge in [-0.25, -0.2) is 4.39 Å². The fraction of sp³-hybridized carbons (Fsp3) is 0.400. The summed E-state index contributed by atoms with van der Waals surface area (Å²) in [5.41, 5.74) is 0.748. The number of hydrogen-bond acceptors (Lipinski definition) is 4. The highest BCUT2D eigenvalue weighted by molar-refractivity contribution is 6.32. The highest BCUT2D eigenvalue weighted by atomic mass is 35.5. The van der Waals surface area contributed by atoms with Crippen LogP contribution in [0.25, 0.3) is 0 Å². The normalized spacial score (nSPS) is 24.2. The molecule has 0 bridgehead atoms. The lowest BCUT2D eigenvalue weighted by atomic mass is 9.72. The van der Waals surface area contributed by atoms with Gasteiger partial charge in [0.05, 0.1) is 16.3 Å². The molecule has 9 heteroatoms. The third-order valence-corrected chi connectivity index (χ3v) is 5.79. The second kappa shape index (κ2) is 7.66. The third kappa shape index (κ3) is 3.89. The van der Waals surface area contributed by atoms with E-state index in [1.807, 2.05) is 0 Å². The van der Waals surface area contributed by atoms with Gasteiger partial charge >= 0.3 is 6.18 Å². The van der Waals surface area contributed by atoms with Crippen molar-refractivity contribution in [3.63, 3.8) is 0 Å². The lowest BCUT2D eigenvalue weighted by Crippen LogP contribution is -2.46.